The van der Waals surface area contributed by atoms with Crippen LogP contribution in [0.3, 0.4) is 0 Å². The number of nitrogens with zero attached hydrogens (tertiary/aromatic N) is 1. The number of aliphatic hydroxyl groups is 1. The molecule has 0 spiro atoms. The van der Waals surface area contributed by atoms with Crippen molar-refractivity contribution in [3.8, 4) is 0 Å². The molecule has 0 bridgehead atoms. The number of aliphatic hydroxyl groups excluding tert-OH is 1. The SMILES string of the molecule is Nc1cccc(NCC(O)C(F)F)n1. The number of alkyl halides is 2. The summed E-state index contributed by atoms with van der Waals surface area (Å²) in [6.45, 7) is -0.256. The van der Waals surface area contributed by atoms with Crippen LogP contribution in [-0.2, 0) is 0 Å². The van der Waals surface area contributed by atoms with E-state index in [1.807, 2.05) is 0 Å². The van der Waals surface area contributed by atoms with Crippen LogP contribution in [0.2, 0.25) is 0 Å². The summed E-state index contributed by atoms with van der Waals surface area (Å²) in [6, 6.07) is 4.79. The molecule has 1 aromatic heterocycles. The van der Waals surface area contributed by atoms with Crippen molar-refractivity contribution in [2.75, 3.05) is 17.6 Å². The van der Waals surface area contributed by atoms with Crippen molar-refractivity contribution >= 4 is 11.6 Å². The fourth-order valence-electron chi connectivity index (χ4n) is 0.848. The van der Waals surface area contributed by atoms with Crippen molar-refractivity contribution in [2.24, 2.45) is 0 Å². The lowest BCUT2D eigenvalue weighted by atomic mass is 10.3. The second-order valence-corrected chi connectivity index (χ2v) is 2.73. The molecule has 0 aromatic carbocycles. The summed E-state index contributed by atoms with van der Waals surface area (Å²) in [5.41, 5.74) is 5.36. The molecule has 0 fully saturated rings. The van der Waals surface area contributed by atoms with E-state index in [1.54, 1.807) is 18.2 Å². The van der Waals surface area contributed by atoms with Crippen LogP contribution in [0.4, 0.5) is 20.4 Å². The summed E-state index contributed by atoms with van der Waals surface area (Å²) in [6.07, 6.45) is -4.46. The normalized spacial score (nSPS) is 12.9. The minimum Gasteiger partial charge on any atom is -0.385 e. The molecule has 1 aromatic rings. The Kier molecular flexibility index (Phi) is 3.58. The number of nitrogens with one attached hydrogen (secondary N) is 1. The first-order chi connectivity index (χ1) is 6.59. The molecule has 0 aliphatic carbocycles. The summed E-state index contributed by atoms with van der Waals surface area (Å²) >= 11 is 0. The van der Waals surface area contributed by atoms with Crippen LogP contribution in [0.1, 0.15) is 0 Å². The van der Waals surface area contributed by atoms with Crippen molar-refractivity contribution in [3.05, 3.63) is 18.2 Å². The van der Waals surface area contributed by atoms with Crippen molar-refractivity contribution in [1.29, 1.82) is 0 Å². The molecular weight excluding hydrogens is 192 g/mol. The number of nitrogen functional groups attached to an aromatic ring is 1. The van der Waals surface area contributed by atoms with Crippen LogP contribution in [0.15, 0.2) is 18.2 Å². The van der Waals surface area contributed by atoms with E-state index < -0.39 is 12.5 Å². The van der Waals surface area contributed by atoms with Crippen molar-refractivity contribution in [1.82, 2.24) is 4.98 Å². The van der Waals surface area contributed by atoms with Crippen LogP contribution in [-0.4, -0.2) is 29.2 Å². The highest BCUT2D eigenvalue weighted by Crippen LogP contribution is 2.07. The standard InChI is InChI=1S/C8H11F2N3O/c9-8(10)5(14)4-12-7-3-1-2-6(11)13-7/h1-3,5,8,14H,4H2,(H3,11,12,13). The lowest BCUT2D eigenvalue weighted by molar-refractivity contribution is 0.00381. The summed E-state index contributed by atoms with van der Waals surface area (Å²) in [7, 11) is 0. The van der Waals surface area contributed by atoms with E-state index in [9.17, 15) is 8.78 Å². The Morgan fingerprint density at radius 2 is 2.21 bits per heavy atom. The average molecular weight is 203 g/mol. The molecule has 0 saturated carbocycles. The second kappa shape index (κ2) is 4.71. The van der Waals surface area contributed by atoms with Gasteiger partial charge in [-0.2, -0.15) is 0 Å². The zero-order valence-corrected chi connectivity index (χ0v) is 7.32. The lowest BCUT2D eigenvalue weighted by Gasteiger charge is -2.10. The monoisotopic (exact) mass is 203 g/mol. The summed E-state index contributed by atoms with van der Waals surface area (Å²) in [4.78, 5) is 3.82. The zero-order valence-electron chi connectivity index (χ0n) is 7.32. The summed E-state index contributed by atoms with van der Waals surface area (Å²) in [5, 5.41) is 11.3. The third-order valence-corrected chi connectivity index (χ3v) is 1.55. The molecular formula is C8H11F2N3O. The van der Waals surface area contributed by atoms with Crippen LogP contribution in [0.25, 0.3) is 0 Å². The fraction of sp³-hybridized carbons (Fsp3) is 0.375. The van der Waals surface area contributed by atoms with Crippen LogP contribution >= 0.6 is 0 Å². The third kappa shape index (κ3) is 3.14. The molecule has 14 heavy (non-hydrogen) atoms. The quantitative estimate of drug-likeness (QED) is 0.673. The Labute approximate surface area is 79.8 Å². The maximum atomic E-state index is 11.9. The highest BCUT2D eigenvalue weighted by Gasteiger charge is 2.15. The van der Waals surface area contributed by atoms with Gasteiger partial charge >= 0.3 is 0 Å². The molecule has 0 saturated heterocycles. The molecule has 0 aliphatic rings. The molecule has 1 heterocycles. The second-order valence-electron chi connectivity index (χ2n) is 2.73. The Morgan fingerprint density at radius 3 is 2.79 bits per heavy atom. The van der Waals surface area contributed by atoms with E-state index in [-0.39, 0.29) is 6.54 Å². The highest BCUT2D eigenvalue weighted by atomic mass is 19.3. The van der Waals surface area contributed by atoms with Gasteiger partial charge in [0.25, 0.3) is 6.43 Å². The first-order valence-electron chi connectivity index (χ1n) is 4.02. The largest absolute Gasteiger partial charge is 0.385 e. The number of pyridine rings is 1. The van der Waals surface area contributed by atoms with Crippen LogP contribution in [0, 0.1) is 0 Å². The highest BCUT2D eigenvalue weighted by molar-refractivity contribution is 5.42. The van der Waals surface area contributed by atoms with Gasteiger partial charge < -0.3 is 16.2 Å². The van der Waals surface area contributed by atoms with Gasteiger partial charge in [0.05, 0.1) is 0 Å². The predicted octanol–water partition coefficient (Wildman–Crippen LogP) is 0.702. The maximum absolute atomic E-state index is 11.9. The molecule has 0 amide bonds. The number of halogens is 2. The minimum atomic E-state index is -2.76. The maximum Gasteiger partial charge on any atom is 0.265 e. The van der Waals surface area contributed by atoms with Gasteiger partial charge in [-0.25, -0.2) is 13.8 Å². The molecule has 4 nitrogen and oxygen atoms in total. The van der Waals surface area contributed by atoms with Crippen LogP contribution in [0.5, 0.6) is 0 Å². The molecule has 6 heteroatoms. The van der Waals surface area contributed by atoms with Gasteiger partial charge in [0.15, 0.2) is 0 Å². The zero-order chi connectivity index (χ0) is 10.6. The predicted molar refractivity (Wildman–Crippen MR) is 49.1 cm³/mol. The Hall–Kier alpha value is -1.43. The van der Waals surface area contributed by atoms with E-state index in [2.05, 4.69) is 10.3 Å². The molecule has 1 unspecified atom stereocenters. The Bertz CT molecular complexity index is 296. The number of nitrogens with two attached hydrogens (primary N) is 1. The van der Waals surface area contributed by atoms with Crippen molar-refractivity contribution < 1.29 is 13.9 Å². The van der Waals surface area contributed by atoms with Crippen LogP contribution < -0.4 is 11.1 Å². The topological polar surface area (TPSA) is 71.2 Å². The molecule has 0 aliphatic heterocycles. The molecule has 1 atom stereocenters. The number of anilines is 2. The van der Waals surface area contributed by atoms with E-state index in [0.717, 1.165) is 0 Å². The van der Waals surface area contributed by atoms with Gasteiger partial charge in [0.1, 0.15) is 17.7 Å². The van der Waals surface area contributed by atoms with Crippen molar-refractivity contribution in [2.45, 2.75) is 12.5 Å². The average Bonchev–Trinajstić information content (AvgIpc) is 2.14. The van der Waals surface area contributed by atoms with Crippen molar-refractivity contribution in [3.63, 3.8) is 0 Å². The van der Waals surface area contributed by atoms with E-state index in [1.165, 1.54) is 0 Å². The van der Waals surface area contributed by atoms with Gasteiger partial charge in [-0.05, 0) is 12.1 Å². The fourth-order valence-corrected chi connectivity index (χ4v) is 0.848. The van der Waals surface area contributed by atoms with Gasteiger partial charge in [-0.3, -0.25) is 0 Å². The number of hydrogen-bond acceptors (Lipinski definition) is 4. The number of aromatic nitrogens is 1. The molecule has 78 valence electrons. The Balaban J connectivity index is 2.45. The minimum absolute atomic E-state index is 0.256. The number of rotatable bonds is 4. The first-order valence-corrected chi connectivity index (χ1v) is 4.02. The van der Waals surface area contributed by atoms with E-state index in [0.29, 0.717) is 11.6 Å². The van der Waals surface area contributed by atoms with Gasteiger partial charge in [0.2, 0.25) is 0 Å². The van der Waals surface area contributed by atoms with E-state index in [4.69, 9.17) is 10.8 Å². The lowest BCUT2D eigenvalue weighted by Crippen LogP contribution is -2.27. The van der Waals surface area contributed by atoms with Gasteiger partial charge in [0, 0.05) is 6.54 Å². The molecule has 0 radical (unpaired) electrons. The van der Waals surface area contributed by atoms with Gasteiger partial charge in [-0.1, -0.05) is 6.07 Å². The molecule has 1 rings (SSSR count). The Morgan fingerprint density at radius 1 is 1.50 bits per heavy atom. The number of hydrogen-bond donors (Lipinski definition) is 3. The molecule has 4 N–H and O–H groups in total. The summed E-state index contributed by atoms with van der Waals surface area (Å²) in [5.74, 6) is 0.659. The van der Waals surface area contributed by atoms with Gasteiger partial charge in [-0.15, -0.1) is 0 Å². The smallest absolute Gasteiger partial charge is 0.265 e. The first kappa shape index (κ1) is 10.6. The summed E-state index contributed by atoms with van der Waals surface area (Å²) < 4.78 is 23.8. The third-order valence-electron chi connectivity index (χ3n) is 1.55. The van der Waals surface area contributed by atoms with E-state index >= 15 is 0 Å².